The molecule has 5 nitrogen and oxygen atoms in total. The van der Waals surface area contributed by atoms with Gasteiger partial charge >= 0.3 is 14.7 Å². The average Bonchev–Trinajstić information content (AvgIpc) is 2.60. The Morgan fingerprint density at radius 1 is 1.21 bits per heavy atom. The highest BCUT2D eigenvalue weighted by molar-refractivity contribution is 6.71. The van der Waals surface area contributed by atoms with Crippen molar-refractivity contribution in [1.82, 2.24) is 4.57 Å². The zero-order valence-electron chi connectivity index (χ0n) is 12.8. The average molecular weight is 306 g/mol. The molecule has 0 aromatic carbocycles. The lowest BCUT2D eigenvalue weighted by atomic mass is 10.5. The number of carbonyl (C=O) groups excluding carboxylic acids is 1. The molecule has 0 radical (unpaired) electrons. The summed E-state index contributed by atoms with van der Waals surface area (Å²) in [6.45, 7) is 12.4. The molecule has 0 aromatic heterocycles. The van der Waals surface area contributed by atoms with Crippen LogP contribution in [0.2, 0.25) is 25.7 Å². The van der Waals surface area contributed by atoms with E-state index in [1.807, 2.05) is 33.5 Å². The summed E-state index contributed by atoms with van der Waals surface area (Å²) < 4.78 is 19.5. The van der Waals surface area contributed by atoms with Gasteiger partial charge in [0, 0.05) is 19.3 Å². The Morgan fingerprint density at radius 2 is 1.79 bits per heavy atom. The first-order chi connectivity index (χ1) is 8.83. The highest BCUT2D eigenvalue weighted by Gasteiger charge is 2.49. The van der Waals surface area contributed by atoms with Crippen molar-refractivity contribution in [1.29, 1.82) is 0 Å². The molecule has 112 valence electrons. The van der Waals surface area contributed by atoms with Crippen molar-refractivity contribution in [2.75, 3.05) is 26.3 Å². The Bertz CT molecular complexity index is 301. The summed E-state index contributed by atoms with van der Waals surface area (Å²) in [6, 6.07) is 0.939. The summed E-state index contributed by atoms with van der Waals surface area (Å²) in [7, 11) is -4.17. The van der Waals surface area contributed by atoms with Gasteiger partial charge in [0.05, 0.1) is 6.54 Å². The summed E-state index contributed by atoms with van der Waals surface area (Å²) in [5, 5.41) is 0. The Kier molecular flexibility index (Phi) is 6.19. The van der Waals surface area contributed by atoms with Crippen LogP contribution < -0.4 is 0 Å². The number of hydrogen-bond acceptors (Lipinski definition) is 5. The molecule has 1 rings (SSSR count). The lowest BCUT2D eigenvalue weighted by molar-refractivity contribution is -0.135. The monoisotopic (exact) mass is 305 g/mol. The normalized spacial score (nSPS) is 19.6. The van der Waals surface area contributed by atoms with Gasteiger partial charge in [-0.05, 0) is 46.5 Å². The molecule has 0 spiro atoms. The predicted octanol–water partition coefficient (Wildman–Crippen LogP) is 2.08. The van der Waals surface area contributed by atoms with Crippen LogP contribution in [0.1, 0.15) is 20.3 Å². The van der Waals surface area contributed by atoms with Crippen LogP contribution in [-0.2, 0) is 18.1 Å². The van der Waals surface area contributed by atoms with Gasteiger partial charge in [0.15, 0.2) is 0 Å². The second-order valence-electron chi connectivity index (χ2n) is 5.69. The largest absolute Gasteiger partial charge is 0.519 e. The van der Waals surface area contributed by atoms with Crippen LogP contribution in [0.15, 0.2) is 0 Å². The van der Waals surface area contributed by atoms with E-state index in [-0.39, 0.29) is 5.97 Å². The van der Waals surface area contributed by atoms with Crippen molar-refractivity contribution in [3.05, 3.63) is 0 Å². The van der Waals surface area contributed by atoms with E-state index in [9.17, 15) is 4.79 Å². The lowest BCUT2D eigenvalue weighted by Gasteiger charge is -2.33. The molecule has 0 N–H and O–H groups in total. The third-order valence-corrected chi connectivity index (χ3v) is 7.53. The first-order valence-corrected chi connectivity index (χ1v) is 12.5. The third-order valence-electron chi connectivity index (χ3n) is 2.88. The highest BCUT2D eigenvalue weighted by atomic mass is 28.4. The summed E-state index contributed by atoms with van der Waals surface area (Å²) in [4.78, 5) is 12.0. The molecular formula is C12H27NO4Si2. The fraction of sp³-hybridized carbons (Fsp3) is 0.917. The van der Waals surface area contributed by atoms with E-state index < -0.39 is 17.0 Å². The maximum absolute atomic E-state index is 12.0. The quantitative estimate of drug-likeness (QED) is 0.674. The molecule has 1 aliphatic rings. The van der Waals surface area contributed by atoms with E-state index in [1.54, 1.807) is 0 Å². The van der Waals surface area contributed by atoms with Crippen LogP contribution >= 0.6 is 0 Å². The van der Waals surface area contributed by atoms with Gasteiger partial charge in [-0.25, -0.2) is 0 Å². The minimum absolute atomic E-state index is 0.141. The first kappa shape index (κ1) is 16.8. The summed E-state index contributed by atoms with van der Waals surface area (Å²) in [5.41, 5.74) is 0. The van der Waals surface area contributed by atoms with Crippen molar-refractivity contribution < 1.29 is 18.1 Å². The van der Waals surface area contributed by atoms with E-state index in [4.69, 9.17) is 13.3 Å². The summed E-state index contributed by atoms with van der Waals surface area (Å²) in [5.74, 6) is -0.141. The van der Waals surface area contributed by atoms with Crippen molar-refractivity contribution >= 4 is 23.0 Å². The Morgan fingerprint density at radius 3 is 2.26 bits per heavy atom. The first-order valence-electron chi connectivity index (χ1n) is 7.08. The fourth-order valence-corrected chi connectivity index (χ4v) is 6.55. The van der Waals surface area contributed by atoms with E-state index >= 15 is 0 Å². The van der Waals surface area contributed by atoms with Crippen molar-refractivity contribution in [2.45, 2.75) is 46.0 Å². The Labute approximate surface area is 118 Å². The molecule has 0 aromatic rings. The van der Waals surface area contributed by atoms with Crippen molar-refractivity contribution in [2.24, 2.45) is 0 Å². The van der Waals surface area contributed by atoms with Crippen molar-refractivity contribution in [3.8, 4) is 0 Å². The number of nitrogens with zero attached hydrogens (tertiary/aromatic N) is 1. The lowest BCUT2D eigenvalue weighted by Crippen LogP contribution is -2.56. The van der Waals surface area contributed by atoms with Gasteiger partial charge < -0.3 is 13.3 Å². The molecule has 19 heavy (non-hydrogen) atoms. The molecule has 7 heteroatoms. The minimum atomic E-state index is -2.35. The molecule has 1 aliphatic heterocycles. The van der Waals surface area contributed by atoms with Crippen LogP contribution in [0.25, 0.3) is 0 Å². The zero-order valence-corrected chi connectivity index (χ0v) is 14.8. The second-order valence-corrected chi connectivity index (χ2v) is 13.3. The maximum atomic E-state index is 12.0. The van der Waals surface area contributed by atoms with Crippen LogP contribution in [0.5, 0.6) is 0 Å². The van der Waals surface area contributed by atoms with Gasteiger partial charge in [-0.2, -0.15) is 0 Å². The molecule has 0 atom stereocenters. The highest BCUT2D eigenvalue weighted by Crippen LogP contribution is 2.28. The SMILES string of the molecule is CCO[Si]1(OCC)CCCN1CC(=O)O[Si](C)(C)C. The van der Waals surface area contributed by atoms with Gasteiger partial charge in [0.1, 0.15) is 0 Å². The molecule has 0 unspecified atom stereocenters. The Hall–Kier alpha value is -0.216. The van der Waals surface area contributed by atoms with Gasteiger partial charge in [-0.3, -0.25) is 9.36 Å². The topological polar surface area (TPSA) is 48.0 Å². The standard InChI is InChI=1S/C12H27NO4Si2/c1-6-15-19(16-7-2)10-8-9-13(19)11-12(14)17-18(3,4)5/h6-11H2,1-5H3. The summed E-state index contributed by atoms with van der Waals surface area (Å²) >= 11 is 0. The van der Waals surface area contributed by atoms with Crippen molar-refractivity contribution in [3.63, 3.8) is 0 Å². The van der Waals surface area contributed by atoms with E-state index in [0.29, 0.717) is 19.8 Å². The molecule has 0 amide bonds. The predicted molar refractivity (Wildman–Crippen MR) is 79.4 cm³/mol. The Balaban J connectivity index is 2.66. The van der Waals surface area contributed by atoms with E-state index in [1.165, 1.54) is 0 Å². The second kappa shape index (κ2) is 6.98. The van der Waals surface area contributed by atoms with Gasteiger partial charge in [0.25, 0.3) is 0 Å². The zero-order chi connectivity index (χ0) is 14.5. The fourth-order valence-electron chi connectivity index (χ4n) is 2.37. The third kappa shape index (κ3) is 4.99. The number of rotatable bonds is 7. The van der Waals surface area contributed by atoms with Crippen LogP contribution in [0, 0.1) is 0 Å². The van der Waals surface area contributed by atoms with Gasteiger partial charge in [0.2, 0.25) is 8.32 Å². The maximum Gasteiger partial charge on any atom is 0.428 e. The van der Waals surface area contributed by atoms with Gasteiger partial charge in [-0.15, -0.1) is 0 Å². The molecule has 0 saturated carbocycles. The molecule has 1 heterocycles. The van der Waals surface area contributed by atoms with E-state index in [2.05, 4.69) is 4.57 Å². The van der Waals surface area contributed by atoms with Gasteiger partial charge in [-0.1, -0.05) is 0 Å². The molecule has 0 aliphatic carbocycles. The summed E-state index contributed by atoms with van der Waals surface area (Å²) in [6.07, 6.45) is 1.03. The number of hydrogen-bond donors (Lipinski definition) is 0. The van der Waals surface area contributed by atoms with Crippen LogP contribution in [0.3, 0.4) is 0 Å². The number of carbonyl (C=O) groups is 1. The van der Waals surface area contributed by atoms with Crippen LogP contribution in [-0.4, -0.2) is 53.9 Å². The molecule has 0 bridgehead atoms. The molecule has 1 fully saturated rings. The molecule has 1 saturated heterocycles. The molecular weight excluding hydrogens is 278 g/mol. The smallest absolute Gasteiger partial charge is 0.428 e. The minimum Gasteiger partial charge on any atom is -0.519 e. The van der Waals surface area contributed by atoms with Crippen LogP contribution in [0.4, 0.5) is 0 Å². The van der Waals surface area contributed by atoms with E-state index in [0.717, 1.165) is 19.0 Å².